The van der Waals surface area contributed by atoms with Gasteiger partial charge in [-0.25, -0.2) is 0 Å². The molecule has 5 unspecified atom stereocenters. The Morgan fingerprint density at radius 3 is 1.48 bits per heavy atom. The first-order valence-electron chi connectivity index (χ1n) is 15.1. The summed E-state index contributed by atoms with van der Waals surface area (Å²) in [6, 6.07) is 39.9. The maximum absolute atomic E-state index is 10.2. The Bertz CT molecular complexity index is 1340. The van der Waals surface area contributed by atoms with Crippen molar-refractivity contribution in [1.29, 1.82) is 0 Å². The van der Waals surface area contributed by atoms with Crippen molar-refractivity contribution >= 4 is 0 Å². The smallest absolute Gasteiger partial charge is 0.199 e. The summed E-state index contributed by atoms with van der Waals surface area (Å²) >= 11 is 0. The van der Waals surface area contributed by atoms with Gasteiger partial charge < -0.3 is 33.5 Å². The van der Waals surface area contributed by atoms with E-state index in [-0.39, 0.29) is 19.6 Å². The van der Waals surface area contributed by atoms with Gasteiger partial charge in [-0.2, -0.15) is 0 Å². The van der Waals surface area contributed by atoms with Gasteiger partial charge in [-0.15, -0.1) is 0 Å². The SMILES string of the molecule is COC1(CCO)OC(COCc2ccccc2)C(OCc2ccccc2)C(OCc2ccccc2)C1OCc1ccccc1. The molecule has 5 atom stereocenters. The highest BCUT2D eigenvalue weighted by atomic mass is 16.7. The number of aliphatic hydroxyl groups is 1. The van der Waals surface area contributed by atoms with E-state index in [1.165, 1.54) is 0 Å². The number of hydrogen-bond donors (Lipinski definition) is 1. The largest absolute Gasteiger partial charge is 0.396 e. The third kappa shape index (κ3) is 8.61. The Balaban J connectivity index is 1.47. The fourth-order valence-electron chi connectivity index (χ4n) is 5.54. The summed E-state index contributed by atoms with van der Waals surface area (Å²) in [6.07, 6.45) is -2.32. The molecule has 7 heteroatoms. The summed E-state index contributed by atoms with van der Waals surface area (Å²) in [4.78, 5) is 0. The van der Waals surface area contributed by atoms with Crippen molar-refractivity contribution < 1.29 is 33.5 Å². The molecule has 1 aliphatic rings. The zero-order chi connectivity index (χ0) is 30.5. The average molecular weight is 599 g/mol. The van der Waals surface area contributed by atoms with Crippen molar-refractivity contribution in [3.63, 3.8) is 0 Å². The van der Waals surface area contributed by atoms with Crippen molar-refractivity contribution in [3.05, 3.63) is 144 Å². The lowest BCUT2D eigenvalue weighted by molar-refractivity contribution is -0.380. The summed E-state index contributed by atoms with van der Waals surface area (Å²) in [7, 11) is 1.58. The predicted molar refractivity (Wildman–Crippen MR) is 167 cm³/mol. The summed E-state index contributed by atoms with van der Waals surface area (Å²) in [5.74, 6) is -1.31. The van der Waals surface area contributed by atoms with Crippen LogP contribution >= 0.6 is 0 Å². The molecule has 0 bridgehead atoms. The molecule has 7 nitrogen and oxygen atoms in total. The molecule has 1 heterocycles. The fourth-order valence-corrected chi connectivity index (χ4v) is 5.54. The molecule has 0 radical (unpaired) electrons. The average Bonchev–Trinajstić information content (AvgIpc) is 3.08. The van der Waals surface area contributed by atoms with Gasteiger partial charge in [0.05, 0.1) is 33.0 Å². The highest BCUT2D eigenvalue weighted by Crippen LogP contribution is 2.39. The summed E-state index contributed by atoms with van der Waals surface area (Å²) in [5.41, 5.74) is 4.10. The van der Waals surface area contributed by atoms with E-state index in [4.69, 9.17) is 28.4 Å². The van der Waals surface area contributed by atoms with E-state index in [1.807, 2.05) is 121 Å². The highest BCUT2D eigenvalue weighted by Gasteiger charge is 2.57. The van der Waals surface area contributed by atoms with Gasteiger partial charge in [0.15, 0.2) is 5.79 Å². The van der Waals surface area contributed by atoms with E-state index in [2.05, 4.69) is 0 Å². The third-order valence-electron chi connectivity index (χ3n) is 7.82. The first kappa shape index (κ1) is 32.0. The zero-order valence-electron chi connectivity index (χ0n) is 25.2. The quantitative estimate of drug-likeness (QED) is 0.168. The Labute approximate surface area is 260 Å². The molecule has 4 aromatic rings. The van der Waals surface area contributed by atoms with Crippen molar-refractivity contribution in [3.8, 4) is 0 Å². The maximum atomic E-state index is 10.2. The molecule has 0 aliphatic carbocycles. The van der Waals surface area contributed by atoms with E-state index in [0.29, 0.717) is 26.4 Å². The molecule has 0 aromatic heterocycles. The number of hydrogen-bond acceptors (Lipinski definition) is 7. The molecule has 1 aliphatic heterocycles. The predicted octanol–water partition coefficient (Wildman–Crippen LogP) is 6.08. The molecule has 1 fully saturated rings. The van der Waals surface area contributed by atoms with Crippen LogP contribution in [0, 0.1) is 0 Å². The topological polar surface area (TPSA) is 75.6 Å². The van der Waals surface area contributed by atoms with Crippen LogP contribution < -0.4 is 0 Å². The molecule has 1 saturated heterocycles. The Morgan fingerprint density at radius 1 is 0.591 bits per heavy atom. The van der Waals surface area contributed by atoms with Gasteiger partial charge in [0.25, 0.3) is 0 Å². The van der Waals surface area contributed by atoms with Gasteiger partial charge in [-0.1, -0.05) is 121 Å². The van der Waals surface area contributed by atoms with Crippen LogP contribution in [-0.2, 0) is 54.8 Å². The molecular weight excluding hydrogens is 556 g/mol. The van der Waals surface area contributed by atoms with E-state index in [1.54, 1.807) is 7.11 Å². The summed E-state index contributed by atoms with van der Waals surface area (Å²) < 4.78 is 39.1. The van der Waals surface area contributed by atoms with Crippen molar-refractivity contribution in [2.45, 2.75) is 63.1 Å². The minimum atomic E-state index is -1.31. The molecule has 0 spiro atoms. The summed E-state index contributed by atoms with van der Waals surface area (Å²) in [6.45, 7) is 1.45. The molecule has 44 heavy (non-hydrogen) atoms. The second kappa shape index (κ2) is 16.6. The Morgan fingerprint density at radius 2 is 1.02 bits per heavy atom. The number of ether oxygens (including phenoxy) is 6. The molecule has 0 amide bonds. The van der Waals surface area contributed by atoms with Crippen LogP contribution in [0.1, 0.15) is 28.7 Å². The minimum Gasteiger partial charge on any atom is -0.396 e. The number of rotatable bonds is 16. The lowest BCUT2D eigenvalue weighted by Crippen LogP contribution is -2.68. The van der Waals surface area contributed by atoms with Crippen LogP contribution in [0.2, 0.25) is 0 Å². The normalized spacial score (nSPS) is 23.4. The lowest BCUT2D eigenvalue weighted by atomic mass is 9.89. The zero-order valence-corrected chi connectivity index (χ0v) is 25.2. The van der Waals surface area contributed by atoms with Crippen LogP contribution in [0.15, 0.2) is 121 Å². The first-order valence-corrected chi connectivity index (χ1v) is 15.1. The van der Waals surface area contributed by atoms with Gasteiger partial charge in [-0.05, 0) is 22.3 Å². The molecule has 1 N–H and O–H groups in total. The van der Waals surface area contributed by atoms with Gasteiger partial charge in [0, 0.05) is 20.1 Å². The van der Waals surface area contributed by atoms with E-state index >= 15 is 0 Å². The molecule has 4 aromatic carbocycles. The van der Waals surface area contributed by atoms with Gasteiger partial charge in [-0.3, -0.25) is 0 Å². The van der Waals surface area contributed by atoms with E-state index in [0.717, 1.165) is 22.3 Å². The number of aliphatic hydroxyl groups excluding tert-OH is 1. The van der Waals surface area contributed by atoms with Crippen LogP contribution in [-0.4, -0.2) is 55.6 Å². The monoisotopic (exact) mass is 598 g/mol. The van der Waals surface area contributed by atoms with Crippen LogP contribution in [0.5, 0.6) is 0 Å². The molecule has 0 saturated carbocycles. The maximum Gasteiger partial charge on any atom is 0.199 e. The minimum absolute atomic E-state index is 0.169. The van der Waals surface area contributed by atoms with Gasteiger partial charge in [0.2, 0.25) is 0 Å². The van der Waals surface area contributed by atoms with Crippen molar-refractivity contribution in [2.24, 2.45) is 0 Å². The Hall–Kier alpha value is -3.40. The van der Waals surface area contributed by atoms with Crippen molar-refractivity contribution in [2.75, 3.05) is 20.3 Å². The summed E-state index contributed by atoms with van der Waals surface area (Å²) in [5, 5.41) is 10.2. The third-order valence-corrected chi connectivity index (χ3v) is 7.82. The molecule has 5 rings (SSSR count). The number of benzene rings is 4. The van der Waals surface area contributed by atoms with E-state index in [9.17, 15) is 5.11 Å². The molecule has 232 valence electrons. The van der Waals surface area contributed by atoms with Gasteiger partial charge >= 0.3 is 0 Å². The van der Waals surface area contributed by atoms with Crippen LogP contribution in [0.3, 0.4) is 0 Å². The number of methoxy groups -OCH3 is 1. The lowest BCUT2D eigenvalue weighted by Gasteiger charge is -2.52. The Kier molecular flexibility index (Phi) is 12.1. The van der Waals surface area contributed by atoms with Crippen LogP contribution in [0.25, 0.3) is 0 Å². The molecular formula is C37H42O7. The second-order valence-electron chi connectivity index (χ2n) is 10.9. The van der Waals surface area contributed by atoms with E-state index < -0.39 is 30.2 Å². The van der Waals surface area contributed by atoms with Crippen LogP contribution in [0.4, 0.5) is 0 Å². The second-order valence-corrected chi connectivity index (χ2v) is 10.9. The van der Waals surface area contributed by atoms with Gasteiger partial charge in [0.1, 0.15) is 24.4 Å². The highest BCUT2D eigenvalue weighted by molar-refractivity contribution is 5.17. The van der Waals surface area contributed by atoms with Crippen molar-refractivity contribution in [1.82, 2.24) is 0 Å². The standard InChI is InChI=1S/C37H42O7/c1-39-37(22-23-38)36(43-27-32-20-12-5-13-21-32)35(42-26-31-18-10-4-11-19-31)34(41-25-30-16-8-3-9-17-30)33(44-37)28-40-24-29-14-6-2-7-15-29/h2-21,33-36,38H,22-28H2,1H3. The fraction of sp³-hybridized carbons (Fsp3) is 0.351. The first-order chi connectivity index (χ1) is 21.7.